The van der Waals surface area contributed by atoms with E-state index in [0.717, 1.165) is 29.1 Å². The summed E-state index contributed by atoms with van der Waals surface area (Å²) in [6, 6.07) is 13.4. The number of carbonyl (C=O) groups excluding carboxylic acids is 1. The van der Waals surface area contributed by atoms with E-state index in [0.29, 0.717) is 0 Å². The Kier molecular flexibility index (Phi) is 4.57. The molecule has 0 saturated heterocycles. The number of benzene rings is 2. The van der Waals surface area contributed by atoms with Gasteiger partial charge in [0.25, 0.3) is 5.91 Å². The number of hydrazone groups is 1. The third-order valence-corrected chi connectivity index (χ3v) is 3.87. The van der Waals surface area contributed by atoms with Gasteiger partial charge in [-0.3, -0.25) is 4.79 Å². The molecule has 2 aromatic carbocycles. The molecule has 0 bridgehead atoms. The number of fused-ring (bicyclic) bond motifs is 1. The van der Waals surface area contributed by atoms with Crippen LogP contribution in [0.5, 0.6) is 0 Å². The molecule has 0 spiro atoms. The predicted molar refractivity (Wildman–Crippen MR) is 93.8 cm³/mol. The fourth-order valence-electron chi connectivity index (χ4n) is 2.63. The lowest BCUT2D eigenvalue weighted by molar-refractivity contribution is 0.0951. The minimum atomic E-state index is -0.755. The number of aromatic nitrogens is 1. The standard InChI is InChI=1S/C19H15FN4O/c1-2-24-12-14(15-5-3-4-6-18(15)24)11-22-23-19(25)16-8-7-13(10-21)9-17(16)20/h3-9,11-12H,2H2,1H3,(H,23,25)/b22-11-. The largest absolute Gasteiger partial charge is 0.347 e. The zero-order valence-corrected chi connectivity index (χ0v) is 13.5. The first-order valence-electron chi connectivity index (χ1n) is 7.75. The number of rotatable bonds is 4. The molecular formula is C19H15FN4O. The van der Waals surface area contributed by atoms with Crippen molar-refractivity contribution in [1.82, 2.24) is 9.99 Å². The molecule has 25 heavy (non-hydrogen) atoms. The Morgan fingerprint density at radius 1 is 1.36 bits per heavy atom. The molecule has 0 radical (unpaired) electrons. The van der Waals surface area contributed by atoms with Crippen LogP contribution >= 0.6 is 0 Å². The highest BCUT2D eigenvalue weighted by atomic mass is 19.1. The highest BCUT2D eigenvalue weighted by molar-refractivity contribution is 6.00. The first-order chi connectivity index (χ1) is 12.1. The molecule has 5 nitrogen and oxygen atoms in total. The van der Waals surface area contributed by atoms with Crippen LogP contribution in [-0.2, 0) is 6.54 Å². The van der Waals surface area contributed by atoms with E-state index in [1.165, 1.54) is 18.3 Å². The minimum absolute atomic E-state index is 0.157. The summed E-state index contributed by atoms with van der Waals surface area (Å²) in [5.74, 6) is -1.42. The molecule has 3 rings (SSSR count). The summed E-state index contributed by atoms with van der Waals surface area (Å²) in [5, 5.41) is 13.7. The Morgan fingerprint density at radius 3 is 2.88 bits per heavy atom. The molecule has 0 aliphatic carbocycles. The van der Waals surface area contributed by atoms with Crippen molar-refractivity contribution in [3.63, 3.8) is 0 Å². The molecule has 3 aromatic rings. The van der Waals surface area contributed by atoms with E-state index in [1.54, 1.807) is 0 Å². The predicted octanol–water partition coefficient (Wildman–Crippen LogP) is 3.44. The van der Waals surface area contributed by atoms with Gasteiger partial charge < -0.3 is 4.57 Å². The molecule has 1 aromatic heterocycles. The normalized spacial score (nSPS) is 10.9. The second-order valence-corrected chi connectivity index (χ2v) is 5.39. The van der Waals surface area contributed by atoms with Crippen LogP contribution in [0.1, 0.15) is 28.4 Å². The summed E-state index contributed by atoms with van der Waals surface area (Å²) in [6.45, 7) is 2.86. The van der Waals surface area contributed by atoms with Crippen LogP contribution in [0.4, 0.5) is 4.39 Å². The second-order valence-electron chi connectivity index (χ2n) is 5.39. The van der Waals surface area contributed by atoms with Gasteiger partial charge in [-0.2, -0.15) is 10.4 Å². The Balaban J connectivity index is 1.80. The Morgan fingerprint density at radius 2 is 2.16 bits per heavy atom. The van der Waals surface area contributed by atoms with E-state index in [1.807, 2.05) is 43.5 Å². The molecule has 1 amide bonds. The van der Waals surface area contributed by atoms with E-state index in [-0.39, 0.29) is 11.1 Å². The van der Waals surface area contributed by atoms with Crippen molar-refractivity contribution in [2.24, 2.45) is 5.10 Å². The Hall–Kier alpha value is -3.46. The monoisotopic (exact) mass is 334 g/mol. The van der Waals surface area contributed by atoms with Crippen molar-refractivity contribution < 1.29 is 9.18 Å². The van der Waals surface area contributed by atoms with Gasteiger partial charge in [0.2, 0.25) is 0 Å². The average Bonchev–Trinajstić information content (AvgIpc) is 2.99. The van der Waals surface area contributed by atoms with E-state index in [2.05, 4.69) is 15.1 Å². The quantitative estimate of drug-likeness (QED) is 0.586. The lowest BCUT2D eigenvalue weighted by Crippen LogP contribution is -2.19. The van der Waals surface area contributed by atoms with Crippen LogP contribution in [0.2, 0.25) is 0 Å². The highest BCUT2D eigenvalue weighted by Gasteiger charge is 2.11. The van der Waals surface area contributed by atoms with Crippen molar-refractivity contribution in [3.05, 3.63) is 71.2 Å². The first-order valence-corrected chi connectivity index (χ1v) is 7.75. The van der Waals surface area contributed by atoms with Crippen molar-refractivity contribution in [2.75, 3.05) is 0 Å². The third kappa shape index (κ3) is 3.26. The third-order valence-electron chi connectivity index (χ3n) is 3.87. The van der Waals surface area contributed by atoms with Gasteiger partial charge in [0, 0.05) is 29.2 Å². The van der Waals surface area contributed by atoms with Gasteiger partial charge in [0.05, 0.1) is 23.4 Å². The number of nitrogens with one attached hydrogen (secondary N) is 1. The molecule has 0 saturated carbocycles. The molecule has 0 atom stereocenters. The molecule has 0 fully saturated rings. The van der Waals surface area contributed by atoms with Gasteiger partial charge >= 0.3 is 0 Å². The maximum atomic E-state index is 13.8. The zero-order chi connectivity index (χ0) is 17.8. The topological polar surface area (TPSA) is 70.2 Å². The number of hydrogen-bond donors (Lipinski definition) is 1. The van der Waals surface area contributed by atoms with Crippen LogP contribution < -0.4 is 5.43 Å². The molecule has 0 aliphatic heterocycles. The summed E-state index contributed by atoms with van der Waals surface area (Å²) in [7, 11) is 0. The summed E-state index contributed by atoms with van der Waals surface area (Å²) >= 11 is 0. The van der Waals surface area contributed by atoms with Crippen molar-refractivity contribution >= 4 is 23.0 Å². The summed E-state index contributed by atoms with van der Waals surface area (Å²) in [5.41, 5.74) is 4.25. The number of halogens is 1. The van der Waals surface area contributed by atoms with Gasteiger partial charge in [0.1, 0.15) is 5.82 Å². The van der Waals surface area contributed by atoms with Gasteiger partial charge in [-0.15, -0.1) is 0 Å². The van der Waals surface area contributed by atoms with Crippen LogP contribution in [0.3, 0.4) is 0 Å². The molecule has 0 unspecified atom stereocenters. The lowest BCUT2D eigenvalue weighted by Gasteiger charge is -2.01. The Labute approximate surface area is 144 Å². The maximum absolute atomic E-state index is 13.8. The van der Waals surface area contributed by atoms with E-state index < -0.39 is 11.7 Å². The number of nitrogens with zero attached hydrogens (tertiary/aromatic N) is 3. The molecule has 1 N–H and O–H groups in total. The zero-order valence-electron chi connectivity index (χ0n) is 13.5. The van der Waals surface area contributed by atoms with Crippen LogP contribution in [0, 0.1) is 17.1 Å². The van der Waals surface area contributed by atoms with Crippen LogP contribution in [0.15, 0.2) is 53.8 Å². The maximum Gasteiger partial charge on any atom is 0.274 e. The van der Waals surface area contributed by atoms with Gasteiger partial charge in [0.15, 0.2) is 0 Å². The molecule has 6 heteroatoms. The van der Waals surface area contributed by atoms with Gasteiger partial charge in [-0.05, 0) is 31.2 Å². The highest BCUT2D eigenvalue weighted by Crippen LogP contribution is 2.19. The SMILES string of the molecule is CCn1cc(/C=N\NC(=O)c2ccc(C#N)cc2F)c2ccccc21. The van der Waals surface area contributed by atoms with Crippen molar-refractivity contribution in [2.45, 2.75) is 13.5 Å². The van der Waals surface area contributed by atoms with Crippen LogP contribution in [-0.4, -0.2) is 16.7 Å². The first kappa shape index (κ1) is 16.4. The number of amides is 1. The van der Waals surface area contributed by atoms with Crippen molar-refractivity contribution in [1.29, 1.82) is 5.26 Å². The molecule has 1 heterocycles. The number of carbonyl (C=O) groups is 1. The van der Waals surface area contributed by atoms with E-state index >= 15 is 0 Å². The lowest BCUT2D eigenvalue weighted by atomic mass is 10.1. The summed E-state index contributed by atoms with van der Waals surface area (Å²) in [4.78, 5) is 12.0. The van der Waals surface area contributed by atoms with Crippen LogP contribution in [0.25, 0.3) is 10.9 Å². The van der Waals surface area contributed by atoms with Crippen molar-refractivity contribution in [3.8, 4) is 6.07 Å². The van der Waals surface area contributed by atoms with E-state index in [4.69, 9.17) is 5.26 Å². The molecule has 0 aliphatic rings. The number of aryl methyl sites for hydroxylation is 1. The van der Waals surface area contributed by atoms with Gasteiger partial charge in [-0.25, -0.2) is 9.82 Å². The fourth-order valence-corrected chi connectivity index (χ4v) is 2.63. The fraction of sp³-hybridized carbons (Fsp3) is 0.105. The second kappa shape index (κ2) is 6.97. The number of nitriles is 1. The number of hydrogen-bond acceptors (Lipinski definition) is 3. The Bertz CT molecular complexity index is 1010. The number of para-hydroxylation sites is 1. The minimum Gasteiger partial charge on any atom is -0.347 e. The molecular weight excluding hydrogens is 319 g/mol. The van der Waals surface area contributed by atoms with E-state index in [9.17, 15) is 9.18 Å². The summed E-state index contributed by atoms with van der Waals surface area (Å²) in [6.07, 6.45) is 3.48. The molecule has 124 valence electrons. The van der Waals surface area contributed by atoms with Gasteiger partial charge in [-0.1, -0.05) is 18.2 Å². The average molecular weight is 334 g/mol. The smallest absolute Gasteiger partial charge is 0.274 e. The summed E-state index contributed by atoms with van der Waals surface area (Å²) < 4.78 is 15.9.